The Hall–Kier alpha value is -4.27. The normalized spacial score (nSPS) is 18.0. The van der Waals surface area contributed by atoms with E-state index in [4.69, 9.17) is 4.42 Å². The van der Waals surface area contributed by atoms with Gasteiger partial charge in [0.15, 0.2) is 0 Å². The molecule has 0 bridgehead atoms. The summed E-state index contributed by atoms with van der Waals surface area (Å²) in [6.07, 6.45) is 1.33. The van der Waals surface area contributed by atoms with Crippen molar-refractivity contribution < 1.29 is 28.4 Å². The van der Waals surface area contributed by atoms with E-state index in [0.29, 0.717) is 0 Å². The van der Waals surface area contributed by atoms with E-state index < -0.39 is 34.2 Å². The molecule has 1 amide bonds. The molecule has 4 rings (SSSR count). The van der Waals surface area contributed by atoms with Crippen LogP contribution in [-0.4, -0.2) is 21.7 Å². The van der Waals surface area contributed by atoms with E-state index in [1.54, 1.807) is 0 Å². The Labute approximate surface area is 168 Å². The second-order valence-electron chi connectivity index (χ2n) is 6.47. The summed E-state index contributed by atoms with van der Waals surface area (Å²) in [6.45, 7) is 0. The number of hydrogen-bond acceptors (Lipinski definition) is 6. The van der Waals surface area contributed by atoms with Crippen LogP contribution >= 0.6 is 0 Å². The topological polar surface area (TPSA) is 114 Å². The van der Waals surface area contributed by atoms with Crippen LogP contribution in [0.15, 0.2) is 76.9 Å². The fourth-order valence-electron chi connectivity index (χ4n) is 3.36. The molecule has 1 aromatic heterocycles. The van der Waals surface area contributed by atoms with Crippen LogP contribution in [0.4, 0.5) is 15.8 Å². The van der Waals surface area contributed by atoms with Gasteiger partial charge in [0.25, 0.3) is 17.4 Å². The first-order valence-electron chi connectivity index (χ1n) is 8.73. The van der Waals surface area contributed by atoms with Crippen molar-refractivity contribution in [3.05, 3.63) is 99.8 Å². The Morgan fingerprint density at radius 2 is 1.87 bits per heavy atom. The lowest BCUT2D eigenvalue weighted by Gasteiger charge is -2.23. The fraction of sp³-hybridized carbons (Fsp3) is 0.0476. The van der Waals surface area contributed by atoms with E-state index in [1.165, 1.54) is 54.8 Å². The monoisotopic (exact) mass is 408 g/mol. The van der Waals surface area contributed by atoms with Crippen LogP contribution in [0.25, 0.3) is 5.76 Å². The molecule has 0 radical (unpaired) electrons. The van der Waals surface area contributed by atoms with Crippen molar-refractivity contribution in [1.29, 1.82) is 0 Å². The van der Waals surface area contributed by atoms with Crippen LogP contribution in [0.2, 0.25) is 0 Å². The Balaban J connectivity index is 1.93. The van der Waals surface area contributed by atoms with Crippen LogP contribution in [0.5, 0.6) is 0 Å². The minimum Gasteiger partial charge on any atom is -0.507 e. The predicted molar refractivity (Wildman–Crippen MR) is 103 cm³/mol. The average molecular weight is 408 g/mol. The zero-order valence-electron chi connectivity index (χ0n) is 15.2. The lowest BCUT2D eigenvalue weighted by atomic mass is 9.99. The molecule has 3 aromatic rings. The second kappa shape index (κ2) is 7.28. The first-order chi connectivity index (χ1) is 14.4. The number of rotatable bonds is 4. The number of carbonyl (C=O) groups is 2. The highest BCUT2D eigenvalue weighted by molar-refractivity contribution is 6.51. The third kappa shape index (κ3) is 3.12. The minimum atomic E-state index is -1.18. The summed E-state index contributed by atoms with van der Waals surface area (Å²) < 4.78 is 19.2. The summed E-state index contributed by atoms with van der Waals surface area (Å²) in [4.78, 5) is 37.1. The van der Waals surface area contributed by atoms with Gasteiger partial charge in [-0.05, 0) is 30.3 Å². The predicted octanol–water partition coefficient (Wildman–Crippen LogP) is 3.95. The summed E-state index contributed by atoms with van der Waals surface area (Å²) in [5, 5.41) is 21.9. The van der Waals surface area contributed by atoms with E-state index in [-0.39, 0.29) is 28.3 Å². The first kappa shape index (κ1) is 19.1. The second-order valence-corrected chi connectivity index (χ2v) is 6.47. The number of halogens is 1. The molecule has 0 spiro atoms. The fourth-order valence-corrected chi connectivity index (χ4v) is 3.36. The Morgan fingerprint density at radius 3 is 2.53 bits per heavy atom. The SMILES string of the molecule is O=C1C(=O)N(c2cccc(F)c2)C(c2ccco2)/C1=C(/O)c1cccc([N+](=O)[O-])c1. The van der Waals surface area contributed by atoms with E-state index in [0.717, 1.165) is 17.0 Å². The molecule has 1 N–H and O–H groups in total. The maximum atomic E-state index is 13.8. The third-order valence-corrected chi connectivity index (χ3v) is 4.67. The highest BCUT2D eigenvalue weighted by Crippen LogP contribution is 2.42. The van der Waals surface area contributed by atoms with Crippen LogP contribution < -0.4 is 4.90 Å². The average Bonchev–Trinajstić information content (AvgIpc) is 3.35. The molecule has 1 aliphatic rings. The van der Waals surface area contributed by atoms with Crippen molar-refractivity contribution in [2.24, 2.45) is 0 Å². The molecular formula is C21H13FN2O6. The van der Waals surface area contributed by atoms with Crippen molar-refractivity contribution in [3.63, 3.8) is 0 Å². The molecule has 150 valence electrons. The Morgan fingerprint density at radius 1 is 1.10 bits per heavy atom. The summed E-state index contributed by atoms with van der Waals surface area (Å²) in [5.74, 6) is -3.08. The standard InChI is InChI=1S/C21H13FN2O6/c22-13-5-2-6-14(11-13)23-18(16-8-3-9-30-16)17(20(26)21(23)27)19(25)12-4-1-7-15(10-12)24(28)29/h1-11,18,25H/b19-17-. The van der Waals surface area contributed by atoms with E-state index in [9.17, 15) is 29.2 Å². The number of nitrogens with zero attached hydrogens (tertiary/aromatic N) is 2. The molecule has 9 heteroatoms. The summed E-state index contributed by atoms with van der Waals surface area (Å²) in [5.41, 5.74) is -0.540. The molecule has 2 aromatic carbocycles. The van der Waals surface area contributed by atoms with Crippen LogP contribution in [-0.2, 0) is 9.59 Å². The molecule has 8 nitrogen and oxygen atoms in total. The van der Waals surface area contributed by atoms with Crippen molar-refractivity contribution in [3.8, 4) is 0 Å². The lowest BCUT2D eigenvalue weighted by Crippen LogP contribution is -2.29. The van der Waals surface area contributed by atoms with E-state index in [1.807, 2.05) is 0 Å². The van der Waals surface area contributed by atoms with Gasteiger partial charge >= 0.3 is 0 Å². The number of nitro benzene ring substituents is 1. The zero-order chi connectivity index (χ0) is 21.4. The third-order valence-electron chi connectivity index (χ3n) is 4.67. The number of amides is 1. The van der Waals surface area contributed by atoms with Gasteiger partial charge in [-0.2, -0.15) is 0 Å². The number of carbonyl (C=O) groups excluding carboxylic acids is 2. The van der Waals surface area contributed by atoms with Gasteiger partial charge in [-0.25, -0.2) is 4.39 Å². The largest absolute Gasteiger partial charge is 0.507 e. The number of nitro groups is 1. The molecule has 1 unspecified atom stereocenters. The maximum Gasteiger partial charge on any atom is 0.300 e. The number of Topliss-reactive ketones (excluding diaryl/α,β-unsaturated/α-hetero) is 1. The molecule has 2 heterocycles. The molecule has 1 atom stereocenters. The van der Waals surface area contributed by atoms with Gasteiger partial charge in [-0.1, -0.05) is 18.2 Å². The van der Waals surface area contributed by atoms with Crippen molar-refractivity contribution >= 4 is 28.8 Å². The van der Waals surface area contributed by atoms with Crippen LogP contribution in [0, 0.1) is 15.9 Å². The first-order valence-corrected chi connectivity index (χ1v) is 8.73. The minimum absolute atomic E-state index is 0.0157. The molecule has 1 saturated heterocycles. The zero-order valence-corrected chi connectivity index (χ0v) is 15.2. The van der Waals surface area contributed by atoms with Crippen molar-refractivity contribution in [1.82, 2.24) is 0 Å². The summed E-state index contributed by atoms with van der Waals surface area (Å²) in [7, 11) is 0. The Bertz CT molecular complexity index is 1200. The number of ketones is 1. The van der Waals surface area contributed by atoms with Crippen molar-refractivity contribution in [2.45, 2.75) is 6.04 Å². The molecule has 30 heavy (non-hydrogen) atoms. The van der Waals surface area contributed by atoms with Crippen LogP contribution in [0.3, 0.4) is 0 Å². The smallest absolute Gasteiger partial charge is 0.300 e. The number of aliphatic hydroxyl groups excluding tert-OH is 1. The van der Waals surface area contributed by atoms with Crippen LogP contribution in [0.1, 0.15) is 17.4 Å². The summed E-state index contributed by atoms with van der Waals surface area (Å²) >= 11 is 0. The molecular weight excluding hydrogens is 395 g/mol. The number of benzene rings is 2. The number of non-ortho nitro benzene ring substituents is 1. The van der Waals surface area contributed by atoms with Gasteiger partial charge in [0.05, 0.1) is 16.8 Å². The van der Waals surface area contributed by atoms with Gasteiger partial charge in [0, 0.05) is 23.4 Å². The van der Waals surface area contributed by atoms with E-state index >= 15 is 0 Å². The van der Waals surface area contributed by atoms with Gasteiger partial charge in [-0.15, -0.1) is 0 Å². The summed E-state index contributed by atoms with van der Waals surface area (Å²) in [6, 6.07) is 12.0. The number of aliphatic hydroxyl groups is 1. The quantitative estimate of drug-likeness (QED) is 0.230. The highest BCUT2D eigenvalue weighted by Gasteiger charge is 2.48. The maximum absolute atomic E-state index is 13.8. The number of hydrogen-bond donors (Lipinski definition) is 1. The van der Waals surface area contributed by atoms with Gasteiger partial charge in [-0.3, -0.25) is 24.6 Å². The highest BCUT2D eigenvalue weighted by atomic mass is 19.1. The van der Waals surface area contributed by atoms with Gasteiger partial charge < -0.3 is 9.52 Å². The molecule has 0 saturated carbocycles. The molecule has 0 aliphatic carbocycles. The van der Waals surface area contributed by atoms with E-state index in [2.05, 4.69) is 0 Å². The molecule has 1 fully saturated rings. The number of furan rings is 1. The van der Waals surface area contributed by atoms with Gasteiger partial charge in [0.2, 0.25) is 0 Å². The lowest BCUT2D eigenvalue weighted by molar-refractivity contribution is -0.384. The number of anilines is 1. The Kier molecular flexibility index (Phi) is 4.63. The van der Waals surface area contributed by atoms with Crippen molar-refractivity contribution in [2.75, 3.05) is 4.90 Å². The molecule has 1 aliphatic heterocycles. The van der Waals surface area contributed by atoms with Gasteiger partial charge in [0.1, 0.15) is 23.4 Å².